The summed E-state index contributed by atoms with van der Waals surface area (Å²) in [6, 6.07) is 6.69. The second-order valence-electron chi connectivity index (χ2n) is 2.47. The Labute approximate surface area is 79.9 Å². The van der Waals surface area contributed by atoms with Crippen LogP contribution in [0.2, 0.25) is 0 Å². The lowest BCUT2D eigenvalue weighted by atomic mass is 10.2. The summed E-state index contributed by atoms with van der Waals surface area (Å²) in [6.07, 6.45) is -0.834. The van der Waals surface area contributed by atoms with Gasteiger partial charge in [0.15, 0.2) is 0 Å². The molecule has 0 aliphatic heterocycles. The van der Waals surface area contributed by atoms with Crippen LogP contribution in [0.1, 0.15) is 5.56 Å². The summed E-state index contributed by atoms with van der Waals surface area (Å²) in [6.45, 7) is 0.0735. The smallest absolute Gasteiger partial charge is 0.404 e. The molecule has 1 amide bonds. The molecule has 6 nitrogen and oxygen atoms in total. The quantitative estimate of drug-likeness (QED) is 0.450. The van der Waals surface area contributed by atoms with E-state index in [1.165, 1.54) is 0 Å². The number of nitrogens with two attached hydrogens (primary N) is 1. The maximum Gasteiger partial charge on any atom is 0.404 e. The summed E-state index contributed by atoms with van der Waals surface area (Å²) in [5.74, 6) is 0. The molecule has 1 rings (SSSR count). The number of ether oxygens (including phenoxy) is 1. The van der Waals surface area contributed by atoms with E-state index in [0.717, 1.165) is 0 Å². The highest BCUT2D eigenvalue weighted by atomic mass is 16.5. The van der Waals surface area contributed by atoms with E-state index in [0.29, 0.717) is 11.3 Å². The van der Waals surface area contributed by atoms with Gasteiger partial charge in [-0.25, -0.2) is 4.79 Å². The van der Waals surface area contributed by atoms with Crippen molar-refractivity contribution in [3.63, 3.8) is 0 Å². The van der Waals surface area contributed by atoms with Gasteiger partial charge in [0.25, 0.3) is 0 Å². The zero-order valence-corrected chi connectivity index (χ0v) is 7.25. The van der Waals surface area contributed by atoms with Gasteiger partial charge in [-0.3, -0.25) is 0 Å². The van der Waals surface area contributed by atoms with E-state index in [1.54, 1.807) is 24.3 Å². The fourth-order valence-electron chi connectivity index (χ4n) is 0.915. The number of carbonyl (C=O) groups is 1. The molecule has 0 atom stereocenters. The van der Waals surface area contributed by atoms with Gasteiger partial charge in [0.05, 0.1) is 0 Å². The van der Waals surface area contributed by atoms with Crippen molar-refractivity contribution >= 4 is 11.8 Å². The first-order valence-corrected chi connectivity index (χ1v) is 3.78. The van der Waals surface area contributed by atoms with Crippen LogP contribution in [0.3, 0.4) is 0 Å². The molecule has 1 aromatic carbocycles. The highest BCUT2D eigenvalue weighted by Gasteiger charge is 1.97. The first kappa shape index (κ1) is 9.88. The lowest BCUT2D eigenvalue weighted by Gasteiger charge is -2.01. The van der Waals surface area contributed by atoms with Crippen LogP contribution in [0.4, 0.5) is 10.5 Å². The molecule has 0 spiro atoms. The Morgan fingerprint density at radius 1 is 1.64 bits per heavy atom. The molecule has 14 heavy (non-hydrogen) atoms. The second-order valence-corrected chi connectivity index (χ2v) is 2.47. The van der Waals surface area contributed by atoms with Crippen molar-refractivity contribution < 1.29 is 9.53 Å². The van der Waals surface area contributed by atoms with Crippen LogP contribution in [0.25, 0.3) is 10.4 Å². The molecule has 6 heteroatoms. The normalized spacial score (nSPS) is 8.86. The zero-order valence-electron chi connectivity index (χ0n) is 7.25. The number of benzene rings is 1. The van der Waals surface area contributed by atoms with Crippen LogP contribution in [0.5, 0.6) is 0 Å². The summed E-state index contributed by atoms with van der Waals surface area (Å²) in [5.41, 5.74) is 14.2. The van der Waals surface area contributed by atoms with E-state index in [9.17, 15) is 4.79 Å². The molecule has 0 aliphatic carbocycles. The maximum absolute atomic E-state index is 10.3. The molecule has 0 saturated carbocycles. The number of carbonyl (C=O) groups excluding carboxylic acids is 1. The number of nitrogens with zero attached hydrogens (tertiary/aromatic N) is 3. The van der Waals surface area contributed by atoms with Gasteiger partial charge in [0.2, 0.25) is 0 Å². The van der Waals surface area contributed by atoms with E-state index < -0.39 is 6.09 Å². The number of amides is 1. The third kappa shape index (κ3) is 3.04. The largest absolute Gasteiger partial charge is 0.445 e. The zero-order chi connectivity index (χ0) is 10.4. The first-order chi connectivity index (χ1) is 6.72. The molecule has 1 aromatic rings. The first-order valence-electron chi connectivity index (χ1n) is 3.78. The molecule has 0 radical (unpaired) electrons. The van der Waals surface area contributed by atoms with Gasteiger partial charge in [-0.05, 0) is 17.2 Å². The Balaban J connectivity index is 2.73. The van der Waals surface area contributed by atoms with Gasteiger partial charge in [0.1, 0.15) is 6.61 Å². The molecule has 0 unspecified atom stereocenters. The second kappa shape index (κ2) is 4.74. The average Bonchev–Trinajstić information content (AvgIpc) is 2.16. The summed E-state index contributed by atoms with van der Waals surface area (Å²) in [4.78, 5) is 12.9. The van der Waals surface area contributed by atoms with Crippen LogP contribution >= 0.6 is 0 Å². The molecular weight excluding hydrogens is 184 g/mol. The van der Waals surface area contributed by atoms with Crippen molar-refractivity contribution in [2.75, 3.05) is 0 Å². The predicted molar refractivity (Wildman–Crippen MR) is 49.6 cm³/mol. The van der Waals surface area contributed by atoms with Crippen LogP contribution in [0.15, 0.2) is 29.4 Å². The minimum absolute atomic E-state index is 0.0735. The Morgan fingerprint density at radius 2 is 2.43 bits per heavy atom. The van der Waals surface area contributed by atoms with Gasteiger partial charge in [0, 0.05) is 10.6 Å². The maximum atomic E-state index is 10.3. The molecule has 72 valence electrons. The van der Waals surface area contributed by atoms with E-state index >= 15 is 0 Å². The number of azide groups is 1. The monoisotopic (exact) mass is 192 g/mol. The average molecular weight is 192 g/mol. The summed E-state index contributed by atoms with van der Waals surface area (Å²) >= 11 is 0. The molecule has 0 saturated heterocycles. The van der Waals surface area contributed by atoms with Crippen LogP contribution in [-0.4, -0.2) is 6.09 Å². The highest BCUT2D eigenvalue weighted by Crippen LogP contribution is 2.14. The molecular formula is C8H8N4O2. The van der Waals surface area contributed by atoms with Gasteiger partial charge in [-0.15, -0.1) is 0 Å². The molecule has 0 aromatic heterocycles. The SMILES string of the molecule is [N-]=[N+]=Nc1cccc(COC(N)=O)c1. The predicted octanol–water partition coefficient (Wildman–Crippen LogP) is 2.22. The van der Waals surface area contributed by atoms with Crippen LogP contribution < -0.4 is 5.73 Å². The minimum Gasteiger partial charge on any atom is -0.445 e. The lowest BCUT2D eigenvalue weighted by Crippen LogP contribution is -2.12. The third-order valence-electron chi connectivity index (χ3n) is 1.45. The minimum atomic E-state index is -0.834. The lowest BCUT2D eigenvalue weighted by molar-refractivity contribution is 0.150. The Morgan fingerprint density at radius 3 is 3.07 bits per heavy atom. The van der Waals surface area contributed by atoms with Crippen molar-refractivity contribution in [3.05, 3.63) is 40.3 Å². The Bertz CT molecular complexity index is 385. The van der Waals surface area contributed by atoms with Gasteiger partial charge in [-0.1, -0.05) is 23.3 Å². The number of hydrogen-bond donors (Lipinski definition) is 1. The van der Waals surface area contributed by atoms with Crippen molar-refractivity contribution in [3.8, 4) is 0 Å². The summed E-state index contributed by atoms with van der Waals surface area (Å²) in [5, 5.41) is 3.40. The van der Waals surface area contributed by atoms with Crippen LogP contribution in [-0.2, 0) is 11.3 Å². The fourth-order valence-corrected chi connectivity index (χ4v) is 0.915. The van der Waals surface area contributed by atoms with Crippen molar-refractivity contribution in [1.82, 2.24) is 0 Å². The topological polar surface area (TPSA) is 101 Å². The molecule has 0 bridgehead atoms. The van der Waals surface area contributed by atoms with Crippen molar-refractivity contribution in [2.45, 2.75) is 6.61 Å². The van der Waals surface area contributed by atoms with E-state index in [2.05, 4.69) is 14.8 Å². The summed E-state index contributed by atoms with van der Waals surface area (Å²) in [7, 11) is 0. The van der Waals surface area contributed by atoms with E-state index in [-0.39, 0.29) is 6.61 Å². The Kier molecular flexibility index (Phi) is 3.34. The number of rotatable bonds is 3. The number of primary amides is 1. The molecule has 0 heterocycles. The fraction of sp³-hybridized carbons (Fsp3) is 0.125. The van der Waals surface area contributed by atoms with E-state index in [1.807, 2.05) is 0 Å². The van der Waals surface area contributed by atoms with Gasteiger partial charge < -0.3 is 10.5 Å². The van der Waals surface area contributed by atoms with Crippen molar-refractivity contribution in [2.24, 2.45) is 10.8 Å². The molecule has 2 N–H and O–H groups in total. The van der Waals surface area contributed by atoms with Crippen LogP contribution in [0, 0.1) is 0 Å². The Hall–Kier alpha value is -2.20. The number of hydrogen-bond acceptors (Lipinski definition) is 3. The van der Waals surface area contributed by atoms with Crippen molar-refractivity contribution in [1.29, 1.82) is 0 Å². The molecule has 0 fully saturated rings. The van der Waals surface area contributed by atoms with Gasteiger partial charge >= 0.3 is 6.09 Å². The van der Waals surface area contributed by atoms with Gasteiger partial charge in [-0.2, -0.15) is 0 Å². The highest BCUT2D eigenvalue weighted by molar-refractivity contribution is 5.64. The summed E-state index contributed by atoms with van der Waals surface area (Å²) < 4.78 is 4.57. The standard InChI is InChI=1S/C8H8N4O2/c9-8(13)14-5-6-2-1-3-7(4-6)11-12-10/h1-4H,5H2,(H2,9,13). The third-order valence-corrected chi connectivity index (χ3v) is 1.45. The van der Waals surface area contributed by atoms with E-state index in [4.69, 9.17) is 11.3 Å². The molecule has 0 aliphatic rings.